The normalized spacial score (nSPS) is 12.1. The molecule has 1 aromatic rings. The van der Waals surface area contributed by atoms with E-state index in [4.69, 9.17) is 5.11 Å². The summed E-state index contributed by atoms with van der Waals surface area (Å²) in [5.41, 5.74) is 0.852. The van der Waals surface area contributed by atoms with Crippen LogP contribution in [0.2, 0.25) is 0 Å². The van der Waals surface area contributed by atoms with Gasteiger partial charge in [-0.1, -0.05) is 25.5 Å². The number of benzene rings is 1. The predicted octanol–water partition coefficient (Wildman–Crippen LogP) is 1.94. The van der Waals surface area contributed by atoms with Gasteiger partial charge in [-0.15, -0.1) is 0 Å². The molecule has 1 unspecified atom stereocenters. The van der Waals surface area contributed by atoms with Crippen LogP contribution in [0.25, 0.3) is 0 Å². The highest BCUT2D eigenvalue weighted by Gasteiger charge is 2.15. The van der Waals surface area contributed by atoms with Gasteiger partial charge in [0.25, 0.3) is 5.69 Å². The van der Waals surface area contributed by atoms with Crippen LogP contribution in [0.15, 0.2) is 24.3 Å². The number of carboxylic acids is 1. The molecule has 0 spiro atoms. The number of nitro benzene ring substituents is 1. The van der Waals surface area contributed by atoms with E-state index >= 15 is 0 Å². The Labute approximate surface area is 105 Å². The number of hydrogen-bond donors (Lipinski definition) is 2. The van der Waals surface area contributed by atoms with Crippen molar-refractivity contribution in [3.8, 4) is 0 Å². The largest absolute Gasteiger partial charge is 0.480 e. The van der Waals surface area contributed by atoms with E-state index in [0.717, 1.165) is 12.0 Å². The first kappa shape index (κ1) is 14.1. The lowest BCUT2D eigenvalue weighted by Crippen LogP contribution is -2.35. The predicted molar refractivity (Wildman–Crippen MR) is 66.3 cm³/mol. The minimum Gasteiger partial charge on any atom is -0.480 e. The van der Waals surface area contributed by atoms with E-state index in [1.54, 1.807) is 12.1 Å². The van der Waals surface area contributed by atoms with Crippen LogP contribution in [0.5, 0.6) is 0 Å². The second-order valence-corrected chi connectivity index (χ2v) is 3.98. The van der Waals surface area contributed by atoms with Gasteiger partial charge in [-0.25, -0.2) is 0 Å². The number of nitrogens with one attached hydrogen (secondary N) is 1. The van der Waals surface area contributed by atoms with Gasteiger partial charge in [0.05, 0.1) is 4.92 Å². The Kier molecular flexibility index (Phi) is 5.26. The summed E-state index contributed by atoms with van der Waals surface area (Å²) in [6.07, 6.45) is 1.34. The van der Waals surface area contributed by atoms with E-state index in [9.17, 15) is 14.9 Å². The second kappa shape index (κ2) is 6.70. The van der Waals surface area contributed by atoms with E-state index in [2.05, 4.69) is 5.32 Å². The topological polar surface area (TPSA) is 92.5 Å². The summed E-state index contributed by atoms with van der Waals surface area (Å²) in [6.45, 7) is 2.30. The Balaban J connectivity index is 2.56. The first-order valence-electron chi connectivity index (χ1n) is 5.74. The minimum atomic E-state index is -0.876. The molecule has 0 aliphatic carbocycles. The summed E-state index contributed by atoms with van der Waals surface area (Å²) in [7, 11) is 0. The summed E-state index contributed by atoms with van der Waals surface area (Å²) in [5, 5.41) is 22.3. The summed E-state index contributed by atoms with van der Waals surface area (Å²) >= 11 is 0. The van der Waals surface area contributed by atoms with Crippen LogP contribution in [0, 0.1) is 10.1 Å². The molecule has 0 fully saturated rings. The average Bonchev–Trinajstić information content (AvgIpc) is 2.34. The third kappa shape index (κ3) is 4.14. The molecule has 98 valence electrons. The van der Waals surface area contributed by atoms with Crippen molar-refractivity contribution >= 4 is 11.7 Å². The Morgan fingerprint density at radius 2 is 2.06 bits per heavy atom. The fourth-order valence-corrected chi connectivity index (χ4v) is 1.58. The highest BCUT2D eigenvalue weighted by molar-refractivity contribution is 5.73. The number of nitrogens with zero attached hydrogens (tertiary/aromatic N) is 1. The van der Waals surface area contributed by atoms with Crippen molar-refractivity contribution in [1.82, 2.24) is 5.32 Å². The fourth-order valence-electron chi connectivity index (χ4n) is 1.58. The van der Waals surface area contributed by atoms with Gasteiger partial charge >= 0.3 is 5.97 Å². The lowest BCUT2D eigenvalue weighted by molar-refractivity contribution is -0.384. The zero-order valence-electron chi connectivity index (χ0n) is 10.1. The van der Waals surface area contributed by atoms with Crippen molar-refractivity contribution in [1.29, 1.82) is 0 Å². The molecule has 0 saturated carbocycles. The lowest BCUT2D eigenvalue weighted by atomic mass is 10.1. The van der Waals surface area contributed by atoms with Crippen molar-refractivity contribution in [3.63, 3.8) is 0 Å². The van der Waals surface area contributed by atoms with Gasteiger partial charge < -0.3 is 10.4 Å². The highest BCUT2D eigenvalue weighted by atomic mass is 16.6. The Morgan fingerprint density at radius 3 is 2.50 bits per heavy atom. The fraction of sp³-hybridized carbons (Fsp3) is 0.417. The van der Waals surface area contributed by atoms with E-state index in [0.29, 0.717) is 13.0 Å². The molecule has 1 rings (SSSR count). The highest BCUT2D eigenvalue weighted by Crippen LogP contribution is 2.12. The number of aliphatic carboxylic acids is 1. The lowest BCUT2D eigenvalue weighted by Gasteiger charge is -2.13. The van der Waals surface area contributed by atoms with Gasteiger partial charge in [0, 0.05) is 18.7 Å². The second-order valence-electron chi connectivity index (χ2n) is 3.98. The molecule has 0 saturated heterocycles. The number of carboxylic acid groups (broad SMARTS) is 1. The monoisotopic (exact) mass is 252 g/mol. The molecule has 6 nitrogen and oxygen atoms in total. The molecule has 0 radical (unpaired) electrons. The van der Waals surface area contributed by atoms with Gasteiger partial charge in [0.1, 0.15) is 6.04 Å². The first-order valence-corrected chi connectivity index (χ1v) is 5.74. The van der Waals surface area contributed by atoms with Crippen LogP contribution < -0.4 is 5.32 Å². The van der Waals surface area contributed by atoms with Crippen LogP contribution in [0.1, 0.15) is 25.3 Å². The van der Waals surface area contributed by atoms with Gasteiger partial charge in [0.15, 0.2) is 0 Å². The summed E-state index contributed by atoms with van der Waals surface area (Å²) in [4.78, 5) is 20.9. The number of nitro groups is 1. The van der Waals surface area contributed by atoms with Gasteiger partial charge in [-0.2, -0.15) is 0 Å². The van der Waals surface area contributed by atoms with Crippen LogP contribution in [0.3, 0.4) is 0 Å². The van der Waals surface area contributed by atoms with Crippen LogP contribution >= 0.6 is 0 Å². The molecular weight excluding hydrogens is 236 g/mol. The average molecular weight is 252 g/mol. The zero-order valence-corrected chi connectivity index (χ0v) is 10.1. The third-order valence-electron chi connectivity index (χ3n) is 2.58. The number of non-ortho nitro benzene ring substituents is 1. The molecule has 0 bridgehead atoms. The quantitative estimate of drug-likeness (QED) is 0.571. The minimum absolute atomic E-state index is 0.0297. The van der Waals surface area contributed by atoms with E-state index in [-0.39, 0.29) is 5.69 Å². The standard InChI is InChI=1S/C12H16N2O4/c1-2-3-11(12(15)16)13-8-9-4-6-10(7-5-9)14(17)18/h4-7,11,13H,2-3,8H2,1H3,(H,15,16). The molecule has 6 heteroatoms. The van der Waals surface area contributed by atoms with Crippen LogP contribution in [-0.2, 0) is 11.3 Å². The molecule has 1 atom stereocenters. The number of hydrogen-bond acceptors (Lipinski definition) is 4. The summed E-state index contributed by atoms with van der Waals surface area (Å²) in [5.74, 6) is -0.876. The molecule has 0 heterocycles. The molecule has 0 aliphatic heterocycles. The Bertz CT molecular complexity index is 417. The molecule has 0 aliphatic rings. The van der Waals surface area contributed by atoms with Crippen molar-refractivity contribution in [3.05, 3.63) is 39.9 Å². The van der Waals surface area contributed by atoms with E-state index < -0.39 is 16.9 Å². The van der Waals surface area contributed by atoms with Gasteiger partial charge in [0.2, 0.25) is 0 Å². The van der Waals surface area contributed by atoms with Crippen LogP contribution in [0.4, 0.5) is 5.69 Å². The molecule has 0 amide bonds. The van der Waals surface area contributed by atoms with E-state index in [1.165, 1.54) is 12.1 Å². The first-order chi connectivity index (χ1) is 8.54. The maximum Gasteiger partial charge on any atom is 0.320 e. The van der Waals surface area contributed by atoms with Crippen molar-refractivity contribution in [2.75, 3.05) is 0 Å². The zero-order chi connectivity index (χ0) is 13.5. The maximum absolute atomic E-state index is 10.9. The smallest absolute Gasteiger partial charge is 0.320 e. The van der Waals surface area contributed by atoms with Gasteiger partial charge in [-0.3, -0.25) is 14.9 Å². The van der Waals surface area contributed by atoms with Crippen molar-refractivity contribution in [2.24, 2.45) is 0 Å². The van der Waals surface area contributed by atoms with Crippen molar-refractivity contribution in [2.45, 2.75) is 32.4 Å². The van der Waals surface area contributed by atoms with E-state index in [1.807, 2.05) is 6.92 Å². The SMILES string of the molecule is CCCC(NCc1ccc([N+](=O)[O-])cc1)C(=O)O. The summed E-state index contributed by atoms with van der Waals surface area (Å²) < 4.78 is 0. The number of carbonyl (C=O) groups is 1. The third-order valence-corrected chi connectivity index (χ3v) is 2.58. The summed E-state index contributed by atoms with van der Waals surface area (Å²) in [6, 6.07) is 5.48. The van der Waals surface area contributed by atoms with Gasteiger partial charge in [-0.05, 0) is 12.0 Å². The molecule has 1 aromatic carbocycles. The Hall–Kier alpha value is -1.95. The molecule has 2 N–H and O–H groups in total. The number of rotatable bonds is 7. The molecular formula is C12H16N2O4. The van der Waals surface area contributed by atoms with Crippen LogP contribution in [-0.4, -0.2) is 22.0 Å². The van der Waals surface area contributed by atoms with Crippen molar-refractivity contribution < 1.29 is 14.8 Å². The maximum atomic E-state index is 10.9. The Morgan fingerprint density at radius 1 is 1.44 bits per heavy atom. The molecule has 18 heavy (non-hydrogen) atoms. The molecule has 0 aromatic heterocycles.